The molecule has 2 atom stereocenters. The van der Waals surface area contributed by atoms with E-state index in [1.165, 1.54) is 5.56 Å². The average Bonchev–Trinajstić information content (AvgIpc) is 3.50. The normalized spacial score (nSPS) is 17.2. The van der Waals surface area contributed by atoms with Crippen LogP contribution in [0.15, 0.2) is 85.2 Å². The molecule has 1 saturated heterocycles. The molecule has 1 aliphatic rings. The first-order valence-corrected chi connectivity index (χ1v) is 13.0. The zero-order valence-electron chi connectivity index (χ0n) is 20.9. The van der Waals surface area contributed by atoms with Crippen molar-refractivity contribution in [1.82, 2.24) is 14.9 Å². The van der Waals surface area contributed by atoms with Gasteiger partial charge in [0.25, 0.3) is 0 Å². The van der Waals surface area contributed by atoms with Crippen molar-refractivity contribution < 1.29 is 4.79 Å². The first kappa shape index (κ1) is 25.0. The number of pyridine rings is 1. The highest BCUT2D eigenvalue weighted by Crippen LogP contribution is 2.43. The largest absolute Gasteiger partial charge is 0.351 e. The number of aryl methyl sites for hydroxylation is 1. The number of hydrogen-bond acceptors (Lipinski definition) is 3. The van der Waals surface area contributed by atoms with Crippen LogP contribution in [0.4, 0.5) is 11.4 Å². The van der Waals surface area contributed by atoms with E-state index in [0.29, 0.717) is 15.8 Å². The predicted molar refractivity (Wildman–Crippen MR) is 153 cm³/mol. The van der Waals surface area contributed by atoms with Crippen molar-refractivity contribution >= 4 is 46.2 Å². The maximum atomic E-state index is 12.2. The number of halogens is 1. The zero-order valence-corrected chi connectivity index (χ0v) is 22.4. The molecule has 8 heteroatoms. The molecule has 2 aromatic carbocycles. The highest BCUT2D eigenvalue weighted by molar-refractivity contribution is 7.80. The first-order chi connectivity index (χ1) is 17.8. The third-order valence-electron chi connectivity index (χ3n) is 6.51. The van der Waals surface area contributed by atoms with Gasteiger partial charge in [-0.15, -0.1) is 0 Å². The molecule has 4 aromatic rings. The monoisotopic (exact) mass is 529 g/mol. The Bertz CT molecular complexity index is 1430. The third kappa shape index (κ3) is 4.97. The van der Waals surface area contributed by atoms with Crippen molar-refractivity contribution in [3.8, 4) is 5.69 Å². The van der Waals surface area contributed by atoms with Crippen LogP contribution in [0.5, 0.6) is 0 Å². The summed E-state index contributed by atoms with van der Waals surface area (Å²) in [7, 11) is 0. The molecule has 0 aliphatic carbocycles. The highest BCUT2D eigenvalue weighted by Gasteiger charge is 2.42. The Morgan fingerprint density at radius 1 is 1.05 bits per heavy atom. The summed E-state index contributed by atoms with van der Waals surface area (Å²) >= 11 is 12.5. The molecule has 188 valence electrons. The van der Waals surface area contributed by atoms with Crippen LogP contribution in [-0.2, 0) is 4.79 Å². The number of anilines is 2. The van der Waals surface area contributed by atoms with E-state index >= 15 is 0 Å². The van der Waals surface area contributed by atoms with Crippen molar-refractivity contribution in [2.75, 3.05) is 10.2 Å². The summed E-state index contributed by atoms with van der Waals surface area (Å²) in [5.41, 5.74) is 5.61. The van der Waals surface area contributed by atoms with Crippen LogP contribution in [0.3, 0.4) is 0 Å². The number of hydrogen-bond donors (Lipinski definition) is 2. The van der Waals surface area contributed by atoms with E-state index in [0.717, 1.165) is 22.8 Å². The lowest BCUT2D eigenvalue weighted by Gasteiger charge is -2.29. The number of rotatable bonds is 6. The quantitative estimate of drug-likeness (QED) is 0.275. The smallest absolute Gasteiger partial charge is 0.226 e. The standard InChI is InChI=1S/C29H28ClN5OS/c1-18(2)28(36)32-23-14-13-21(17-22(23)30)35-27(26(33-29(35)37)24-7-4-5-15-31-24)25-8-6-16-34(25)20-11-9-19(3)10-12-20/h4-18,26-27H,1-3H3,(H,32,36)(H,33,37)/t26-,27-/m0/s1. The summed E-state index contributed by atoms with van der Waals surface area (Å²) in [6, 6.07) is 23.7. The second kappa shape index (κ2) is 10.4. The molecule has 37 heavy (non-hydrogen) atoms. The molecule has 0 spiro atoms. The molecule has 0 unspecified atom stereocenters. The zero-order chi connectivity index (χ0) is 26.1. The van der Waals surface area contributed by atoms with Gasteiger partial charge in [-0.25, -0.2) is 0 Å². The first-order valence-electron chi connectivity index (χ1n) is 12.2. The van der Waals surface area contributed by atoms with Gasteiger partial charge in [0.15, 0.2) is 5.11 Å². The van der Waals surface area contributed by atoms with Gasteiger partial charge < -0.3 is 20.1 Å². The maximum Gasteiger partial charge on any atom is 0.226 e. The van der Waals surface area contributed by atoms with Crippen molar-refractivity contribution in [1.29, 1.82) is 0 Å². The Morgan fingerprint density at radius 2 is 1.81 bits per heavy atom. The lowest BCUT2D eigenvalue weighted by molar-refractivity contribution is -0.118. The third-order valence-corrected chi connectivity index (χ3v) is 7.13. The van der Waals surface area contributed by atoms with E-state index in [-0.39, 0.29) is 23.9 Å². The number of nitrogens with one attached hydrogen (secondary N) is 2. The summed E-state index contributed by atoms with van der Waals surface area (Å²) < 4.78 is 2.18. The predicted octanol–water partition coefficient (Wildman–Crippen LogP) is 6.61. The molecule has 5 rings (SSSR count). The molecule has 0 radical (unpaired) electrons. The van der Waals surface area contributed by atoms with Crippen LogP contribution in [0, 0.1) is 12.8 Å². The van der Waals surface area contributed by atoms with Gasteiger partial charge in [0, 0.05) is 35.4 Å². The minimum Gasteiger partial charge on any atom is -0.351 e. The minimum absolute atomic E-state index is 0.0861. The van der Waals surface area contributed by atoms with Gasteiger partial charge in [-0.1, -0.05) is 49.2 Å². The lowest BCUT2D eigenvalue weighted by Crippen LogP contribution is -2.30. The molecule has 2 aromatic heterocycles. The fraction of sp³-hybridized carbons (Fsp3) is 0.207. The van der Waals surface area contributed by atoms with Gasteiger partial charge >= 0.3 is 0 Å². The maximum absolute atomic E-state index is 12.2. The van der Waals surface area contributed by atoms with E-state index in [9.17, 15) is 4.79 Å². The van der Waals surface area contributed by atoms with Crippen molar-refractivity contribution in [3.05, 3.63) is 107 Å². The number of amides is 1. The summed E-state index contributed by atoms with van der Waals surface area (Å²) in [5, 5.41) is 7.41. The van der Waals surface area contributed by atoms with Crippen LogP contribution in [0.1, 0.15) is 42.9 Å². The van der Waals surface area contributed by atoms with Crippen LogP contribution < -0.4 is 15.5 Å². The molecular weight excluding hydrogens is 502 g/mol. The highest BCUT2D eigenvalue weighted by atomic mass is 35.5. The second-order valence-corrected chi connectivity index (χ2v) is 10.2. The molecule has 6 nitrogen and oxygen atoms in total. The van der Waals surface area contributed by atoms with Gasteiger partial charge in [-0.3, -0.25) is 9.78 Å². The molecule has 1 aliphatic heterocycles. The number of aromatic nitrogens is 2. The fourth-order valence-corrected chi connectivity index (χ4v) is 5.11. The van der Waals surface area contributed by atoms with Crippen LogP contribution >= 0.6 is 23.8 Å². The van der Waals surface area contributed by atoms with Crippen LogP contribution in [0.25, 0.3) is 5.69 Å². The van der Waals surface area contributed by atoms with Crippen molar-refractivity contribution in [2.45, 2.75) is 32.9 Å². The minimum atomic E-state index is -0.203. The van der Waals surface area contributed by atoms with Gasteiger partial charge in [0.05, 0.1) is 22.4 Å². The van der Waals surface area contributed by atoms with Gasteiger partial charge in [-0.05, 0) is 73.7 Å². The Morgan fingerprint density at radius 3 is 2.49 bits per heavy atom. The summed E-state index contributed by atoms with van der Waals surface area (Å²) in [6.07, 6.45) is 3.86. The lowest BCUT2D eigenvalue weighted by atomic mass is 10.0. The number of carbonyl (C=O) groups excluding carboxylic acids is 1. The van der Waals surface area contributed by atoms with Crippen molar-refractivity contribution in [2.24, 2.45) is 5.92 Å². The molecule has 1 fully saturated rings. The average molecular weight is 530 g/mol. The second-order valence-electron chi connectivity index (χ2n) is 9.44. The molecule has 0 saturated carbocycles. The summed E-state index contributed by atoms with van der Waals surface area (Å²) in [5.74, 6) is -0.235. The molecule has 0 bridgehead atoms. The molecule has 1 amide bonds. The Labute approximate surface area is 227 Å². The van der Waals surface area contributed by atoms with Crippen LogP contribution in [-0.4, -0.2) is 20.6 Å². The van der Waals surface area contributed by atoms with Crippen molar-refractivity contribution in [3.63, 3.8) is 0 Å². The van der Waals surface area contributed by atoms with E-state index in [2.05, 4.69) is 68.5 Å². The van der Waals surface area contributed by atoms with E-state index in [1.54, 1.807) is 6.20 Å². The molecular formula is C29H28ClN5OS. The van der Waals surface area contributed by atoms with E-state index < -0.39 is 0 Å². The number of nitrogens with zero attached hydrogens (tertiary/aromatic N) is 3. The number of carbonyl (C=O) groups is 1. The number of benzene rings is 2. The summed E-state index contributed by atoms with van der Waals surface area (Å²) in [6.45, 7) is 5.77. The summed E-state index contributed by atoms with van der Waals surface area (Å²) in [4.78, 5) is 19.0. The van der Waals surface area contributed by atoms with E-state index in [1.807, 2.05) is 56.3 Å². The Hall–Kier alpha value is -3.68. The van der Waals surface area contributed by atoms with Gasteiger partial charge in [-0.2, -0.15) is 0 Å². The Kier molecular flexibility index (Phi) is 7.00. The Balaban J connectivity index is 1.59. The molecule has 3 heterocycles. The topological polar surface area (TPSA) is 62.2 Å². The van der Waals surface area contributed by atoms with E-state index in [4.69, 9.17) is 23.8 Å². The van der Waals surface area contributed by atoms with Gasteiger partial charge in [0.1, 0.15) is 6.04 Å². The SMILES string of the molecule is Cc1ccc(-n2cccc2[C@H]2[C@H](c3ccccn3)NC(=S)N2c2ccc(NC(=O)C(C)C)c(Cl)c2)cc1. The van der Waals surface area contributed by atoms with Gasteiger partial charge in [0.2, 0.25) is 5.91 Å². The fourth-order valence-electron chi connectivity index (χ4n) is 4.54. The number of thiocarbonyl (C=S) groups is 1. The molecule has 2 N–H and O–H groups in total. The van der Waals surface area contributed by atoms with Crippen LogP contribution in [0.2, 0.25) is 5.02 Å².